The standard InChI is InChI=1S/C40H55N7O8S/c1-25(43-39(53)55-40(2,3)4)36(50)45-34-35(26-15-7-5-8-16-26)54-29-18-10-9-17-28(29)47(37(34)51)23-32(49)42-22-14-6-13-21-41-31(48)20-12-11-19-30-33-27(24-56-30)44-38(52)46-33/h5,7-10,15-18,25,27,30,33-35H,6,11-14,19-24H2,1-4H3,(H,41,48)(H,42,49)(H,43,53)(H,45,50)(H2,44,46,52)/t25-,27-,30-,33-,34+,35-/m0/s1. The quantitative estimate of drug-likeness (QED) is 0.102. The van der Waals surface area contributed by atoms with Gasteiger partial charge in [-0.2, -0.15) is 11.8 Å². The average molecular weight is 794 g/mol. The molecule has 0 aliphatic carbocycles. The molecule has 2 aromatic rings. The maximum absolute atomic E-state index is 14.4. The molecule has 0 bridgehead atoms. The second-order valence-electron chi connectivity index (χ2n) is 15.3. The first-order valence-corrected chi connectivity index (χ1v) is 20.5. The Labute approximate surface area is 332 Å². The van der Waals surface area contributed by atoms with Gasteiger partial charge in [-0.3, -0.25) is 24.1 Å². The van der Waals surface area contributed by atoms with E-state index in [1.54, 1.807) is 69.3 Å². The predicted octanol–water partition coefficient (Wildman–Crippen LogP) is 3.68. The number of hydrogen-bond acceptors (Lipinski definition) is 9. The number of carbonyl (C=O) groups excluding carboxylic acids is 6. The SMILES string of the molecule is C[C@H](NC(=O)OC(C)(C)C)C(=O)N[C@H]1C(=O)N(CC(=O)NCCCCCNC(=O)CCCC[C@@H]2SC[C@@H]3NC(=O)N[C@@H]32)c2ccccc2O[C@H]1c1ccccc1. The van der Waals surface area contributed by atoms with E-state index in [2.05, 4.69) is 31.9 Å². The second-order valence-corrected chi connectivity index (χ2v) is 16.6. The minimum atomic E-state index is -1.25. The van der Waals surface area contributed by atoms with Crippen molar-refractivity contribution in [2.75, 3.05) is 30.3 Å². The van der Waals surface area contributed by atoms with E-state index in [1.807, 2.05) is 17.8 Å². The number of benzene rings is 2. The number of thioether (sulfide) groups is 1. The van der Waals surface area contributed by atoms with Crippen molar-refractivity contribution in [1.29, 1.82) is 0 Å². The minimum absolute atomic E-state index is 0.0234. The molecule has 2 aromatic carbocycles. The van der Waals surface area contributed by atoms with Crippen molar-refractivity contribution in [2.24, 2.45) is 0 Å². The topological polar surface area (TPSA) is 196 Å². The lowest BCUT2D eigenvalue weighted by molar-refractivity contribution is -0.131. The molecule has 3 aliphatic rings. The highest BCUT2D eigenvalue weighted by Gasteiger charge is 2.43. The number of nitrogens with zero attached hydrogens (tertiary/aromatic N) is 1. The smallest absolute Gasteiger partial charge is 0.408 e. The van der Waals surface area contributed by atoms with Crippen LogP contribution in [0.3, 0.4) is 0 Å². The number of para-hydroxylation sites is 2. The molecule has 0 saturated carbocycles. The third kappa shape index (κ3) is 12.0. The van der Waals surface area contributed by atoms with Gasteiger partial charge in [0.2, 0.25) is 17.7 Å². The molecule has 0 aromatic heterocycles. The zero-order chi connectivity index (χ0) is 40.2. The second kappa shape index (κ2) is 19.7. The fourth-order valence-corrected chi connectivity index (χ4v) is 8.42. The molecule has 2 saturated heterocycles. The molecule has 56 heavy (non-hydrogen) atoms. The number of alkyl carbamates (subject to hydrolysis) is 1. The Kier molecular flexibility index (Phi) is 14.9. The number of amides is 7. The molecule has 0 spiro atoms. The molecule has 5 rings (SSSR count). The monoisotopic (exact) mass is 793 g/mol. The van der Waals surface area contributed by atoms with Crippen LogP contribution in [0.15, 0.2) is 54.6 Å². The number of unbranched alkanes of at least 4 members (excludes halogenated alkanes) is 3. The van der Waals surface area contributed by atoms with Gasteiger partial charge in [0, 0.05) is 30.5 Å². The van der Waals surface area contributed by atoms with Gasteiger partial charge in [-0.25, -0.2) is 9.59 Å². The van der Waals surface area contributed by atoms with Gasteiger partial charge in [-0.1, -0.05) is 48.9 Å². The van der Waals surface area contributed by atoms with Crippen LogP contribution in [0.1, 0.15) is 84.3 Å². The number of urea groups is 1. The minimum Gasteiger partial charge on any atom is -0.481 e. The van der Waals surface area contributed by atoms with Crippen molar-refractivity contribution in [3.05, 3.63) is 60.2 Å². The normalized spacial score (nSPS) is 21.9. The van der Waals surface area contributed by atoms with Crippen molar-refractivity contribution < 1.29 is 38.2 Å². The highest BCUT2D eigenvalue weighted by atomic mass is 32.2. The van der Waals surface area contributed by atoms with E-state index >= 15 is 0 Å². The van der Waals surface area contributed by atoms with Crippen LogP contribution in [0.5, 0.6) is 5.75 Å². The molecule has 0 unspecified atom stereocenters. The predicted molar refractivity (Wildman–Crippen MR) is 213 cm³/mol. The molecule has 2 fully saturated rings. The van der Waals surface area contributed by atoms with Crippen LogP contribution < -0.4 is 41.5 Å². The van der Waals surface area contributed by atoms with Gasteiger partial charge >= 0.3 is 12.1 Å². The zero-order valence-corrected chi connectivity index (χ0v) is 33.4. The number of hydrogen-bond donors (Lipinski definition) is 6. The summed E-state index contributed by atoms with van der Waals surface area (Å²) in [5, 5.41) is 17.5. The first-order valence-electron chi connectivity index (χ1n) is 19.4. The Hall–Kier alpha value is -4.99. The molecule has 0 radical (unpaired) electrons. The van der Waals surface area contributed by atoms with Crippen LogP contribution in [0, 0.1) is 0 Å². The van der Waals surface area contributed by atoms with Crippen LogP contribution >= 0.6 is 11.8 Å². The van der Waals surface area contributed by atoms with E-state index in [9.17, 15) is 28.8 Å². The van der Waals surface area contributed by atoms with E-state index in [4.69, 9.17) is 9.47 Å². The van der Waals surface area contributed by atoms with E-state index in [-0.39, 0.29) is 36.5 Å². The summed E-state index contributed by atoms with van der Waals surface area (Å²) in [6.07, 6.45) is 3.66. The van der Waals surface area contributed by atoms with Crippen molar-refractivity contribution in [2.45, 2.75) is 114 Å². The third-order valence-electron chi connectivity index (χ3n) is 9.68. The maximum Gasteiger partial charge on any atom is 0.408 e. The van der Waals surface area contributed by atoms with Crippen LogP contribution in [0.25, 0.3) is 0 Å². The van der Waals surface area contributed by atoms with Gasteiger partial charge in [0.05, 0.1) is 17.8 Å². The lowest BCUT2D eigenvalue weighted by atomic mass is 10.0. The number of anilines is 1. The summed E-state index contributed by atoms with van der Waals surface area (Å²) in [5.41, 5.74) is 0.239. The van der Waals surface area contributed by atoms with Gasteiger partial charge in [-0.05, 0) is 77.5 Å². The molecule has 3 aliphatic heterocycles. The van der Waals surface area contributed by atoms with Gasteiger partial charge in [0.25, 0.3) is 5.91 Å². The zero-order valence-electron chi connectivity index (χ0n) is 32.6. The van der Waals surface area contributed by atoms with E-state index < -0.39 is 41.7 Å². The number of rotatable bonds is 17. The maximum atomic E-state index is 14.4. The van der Waals surface area contributed by atoms with Crippen molar-refractivity contribution in [1.82, 2.24) is 31.9 Å². The van der Waals surface area contributed by atoms with E-state index in [0.29, 0.717) is 48.2 Å². The lowest BCUT2D eigenvalue weighted by Crippen LogP contribution is -2.57. The molecule has 304 valence electrons. The number of fused-ring (bicyclic) bond motifs is 2. The fraction of sp³-hybridized carbons (Fsp3) is 0.550. The Morgan fingerprint density at radius 1 is 0.911 bits per heavy atom. The summed E-state index contributed by atoms with van der Waals surface area (Å²) in [4.78, 5) is 78.8. The molecule has 15 nitrogen and oxygen atoms in total. The first-order chi connectivity index (χ1) is 26.8. The molecule has 7 amide bonds. The van der Waals surface area contributed by atoms with E-state index in [0.717, 1.165) is 37.9 Å². The van der Waals surface area contributed by atoms with Crippen LogP contribution in [0.4, 0.5) is 15.3 Å². The summed E-state index contributed by atoms with van der Waals surface area (Å²) in [7, 11) is 0. The molecule has 6 atom stereocenters. The Morgan fingerprint density at radius 2 is 1.61 bits per heavy atom. The third-order valence-corrected chi connectivity index (χ3v) is 11.2. The van der Waals surface area contributed by atoms with E-state index in [1.165, 1.54) is 11.8 Å². The van der Waals surface area contributed by atoms with Crippen molar-refractivity contribution >= 4 is 53.2 Å². The summed E-state index contributed by atoms with van der Waals surface area (Å²) < 4.78 is 11.7. The van der Waals surface area contributed by atoms with Crippen molar-refractivity contribution in [3.63, 3.8) is 0 Å². The highest BCUT2D eigenvalue weighted by Crippen LogP contribution is 2.38. The van der Waals surface area contributed by atoms with Crippen LogP contribution in [-0.2, 0) is 23.9 Å². The Morgan fingerprint density at radius 3 is 2.34 bits per heavy atom. The molecule has 16 heteroatoms. The number of carbonyl (C=O) groups is 6. The Balaban J connectivity index is 1.08. The van der Waals surface area contributed by atoms with Gasteiger partial charge in [0.1, 0.15) is 30.0 Å². The molecule has 6 N–H and O–H groups in total. The van der Waals surface area contributed by atoms with Crippen molar-refractivity contribution in [3.8, 4) is 5.75 Å². The van der Waals surface area contributed by atoms with Gasteiger partial charge < -0.3 is 41.4 Å². The van der Waals surface area contributed by atoms with Crippen LogP contribution in [0.2, 0.25) is 0 Å². The fourth-order valence-electron chi connectivity index (χ4n) is 6.88. The van der Waals surface area contributed by atoms with Gasteiger partial charge in [0.15, 0.2) is 6.10 Å². The average Bonchev–Trinajstić information content (AvgIpc) is 3.68. The van der Waals surface area contributed by atoms with Crippen LogP contribution in [-0.4, -0.2) is 96.2 Å². The summed E-state index contributed by atoms with van der Waals surface area (Å²) in [6, 6.07) is 13.9. The number of ether oxygens (including phenoxy) is 2. The summed E-state index contributed by atoms with van der Waals surface area (Å²) in [6.45, 7) is 7.22. The van der Waals surface area contributed by atoms with Gasteiger partial charge in [-0.15, -0.1) is 0 Å². The Bertz CT molecular complexity index is 1710. The molecular weight excluding hydrogens is 739 g/mol. The largest absolute Gasteiger partial charge is 0.481 e. The number of nitrogens with one attached hydrogen (secondary N) is 6. The first kappa shape index (κ1) is 42.2. The highest BCUT2D eigenvalue weighted by molar-refractivity contribution is 8.00. The molecule has 3 heterocycles. The molecular formula is C40H55N7O8S. The summed E-state index contributed by atoms with van der Waals surface area (Å²) >= 11 is 1.88. The lowest BCUT2D eigenvalue weighted by Gasteiger charge is -2.29. The summed E-state index contributed by atoms with van der Waals surface area (Å²) in [5.74, 6) is -0.267.